The summed E-state index contributed by atoms with van der Waals surface area (Å²) in [5.74, 6) is -0.0460. The van der Waals surface area contributed by atoms with E-state index in [4.69, 9.17) is 4.74 Å². The highest BCUT2D eigenvalue weighted by molar-refractivity contribution is 7.92. The van der Waals surface area contributed by atoms with E-state index in [0.717, 1.165) is 15.9 Å². The van der Waals surface area contributed by atoms with Gasteiger partial charge in [0.05, 0.1) is 22.6 Å². The van der Waals surface area contributed by atoms with Crippen LogP contribution in [-0.4, -0.2) is 32.9 Å². The number of nitrogens with one attached hydrogen (secondary N) is 1. The molecule has 3 aromatic carbocycles. The highest BCUT2D eigenvalue weighted by atomic mass is 32.2. The van der Waals surface area contributed by atoms with Crippen LogP contribution in [0.1, 0.15) is 18.1 Å². The van der Waals surface area contributed by atoms with Gasteiger partial charge in [0.1, 0.15) is 12.3 Å². The van der Waals surface area contributed by atoms with Crippen molar-refractivity contribution in [2.75, 3.05) is 23.3 Å². The van der Waals surface area contributed by atoms with E-state index in [-0.39, 0.29) is 16.3 Å². The van der Waals surface area contributed by atoms with Crippen LogP contribution >= 0.6 is 0 Å². The van der Waals surface area contributed by atoms with Gasteiger partial charge in [-0.05, 0) is 55.3 Å². The van der Waals surface area contributed by atoms with Crippen molar-refractivity contribution in [3.05, 3.63) is 88.0 Å². The number of nitrogens with zero attached hydrogens (tertiary/aromatic N) is 2. The van der Waals surface area contributed by atoms with E-state index < -0.39 is 27.4 Å². The Morgan fingerprint density at radius 3 is 2.38 bits per heavy atom. The number of aryl methyl sites for hydroxylation is 2. The standard InChI is InChI=1S/C24H25N3O6S/c1-4-18-7-5-6-8-22(18)25-24(28)16-26(19-10-12-20(33-3)13-11-19)34(31,32)21-14-9-17(2)23(15-21)27(29)30/h5-15H,4,16H2,1-3H3,(H,25,28). The fraction of sp³-hybridized carbons (Fsp3) is 0.208. The first-order valence-electron chi connectivity index (χ1n) is 10.5. The van der Waals surface area contributed by atoms with Crippen molar-refractivity contribution in [2.45, 2.75) is 25.2 Å². The normalized spacial score (nSPS) is 11.0. The first-order valence-corrected chi connectivity index (χ1v) is 11.9. The van der Waals surface area contributed by atoms with Crippen molar-refractivity contribution < 1.29 is 22.9 Å². The lowest BCUT2D eigenvalue weighted by Gasteiger charge is -2.24. The lowest BCUT2D eigenvalue weighted by atomic mass is 10.1. The van der Waals surface area contributed by atoms with E-state index in [1.807, 2.05) is 19.1 Å². The Hall–Kier alpha value is -3.92. The van der Waals surface area contributed by atoms with Crippen LogP contribution in [-0.2, 0) is 21.2 Å². The molecule has 0 fully saturated rings. The summed E-state index contributed by atoms with van der Waals surface area (Å²) in [7, 11) is -2.84. The maximum atomic E-state index is 13.6. The maximum Gasteiger partial charge on any atom is 0.273 e. The number of rotatable bonds is 9. The van der Waals surface area contributed by atoms with Gasteiger partial charge >= 0.3 is 0 Å². The van der Waals surface area contributed by atoms with Crippen LogP contribution in [0.3, 0.4) is 0 Å². The smallest absolute Gasteiger partial charge is 0.273 e. The average Bonchev–Trinajstić information content (AvgIpc) is 2.83. The van der Waals surface area contributed by atoms with Crippen LogP contribution in [0, 0.1) is 17.0 Å². The summed E-state index contributed by atoms with van der Waals surface area (Å²) in [6.45, 7) is 2.94. The van der Waals surface area contributed by atoms with Crippen molar-refractivity contribution in [3.63, 3.8) is 0 Å². The Morgan fingerprint density at radius 2 is 1.76 bits per heavy atom. The van der Waals surface area contributed by atoms with Crippen molar-refractivity contribution in [1.29, 1.82) is 0 Å². The molecule has 0 aliphatic carbocycles. The van der Waals surface area contributed by atoms with Crippen LogP contribution in [0.25, 0.3) is 0 Å². The summed E-state index contributed by atoms with van der Waals surface area (Å²) >= 11 is 0. The van der Waals surface area contributed by atoms with Crippen LogP contribution in [0.15, 0.2) is 71.6 Å². The molecular weight excluding hydrogens is 458 g/mol. The topological polar surface area (TPSA) is 119 Å². The summed E-state index contributed by atoms with van der Waals surface area (Å²) < 4.78 is 33.2. The molecule has 10 heteroatoms. The van der Waals surface area contributed by atoms with E-state index >= 15 is 0 Å². The monoisotopic (exact) mass is 483 g/mol. The van der Waals surface area contributed by atoms with Gasteiger partial charge in [0.15, 0.2) is 0 Å². The van der Waals surface area contributed by atoms with Crippen molar-refractivity contribution in [1.82, 2.24) is 0 Å². The van der Waals surface area contributed by atoms with Gasteiger partial charge < -0.3 is 10.1 Å². The van der Waals surface area contributed by atoms with Gasteiger partial charge in [-0.15, -0.1) is 0 Å². The Bertz CT molecular complexity index is 1310. The highest BCUT2D eigenvalue weighted by Crippen LogP contribution is 2.29. The molecular formula is C24H25N3O6S. The number of methoxy groups -OCH3 is 1. The fourth-order valence-corrected chi connectivity index (χ4v) is 4.85. The molecule has 3 rings (SSSR count). The van der Waals surface area contributed by atoms with Gasteiger partial charge in [0.2, 0.25) is 5.91 Å². The number of carbonyl (C=O) groups is 1. The Kier molecular flexibility index (Phi) is 7.52. The number of nitro benzene ring substituents is 1. The predicted octanol–water partition coefficient (Wildman–Crippen LogP) is 4.31. The van der Waals surface area contributed by atoms with E-state index in [0.29, 0.717) is 23.4 Å². The third kappa shape index (κ3) is 5.34. The first kappa shape index (κ1) is 24.7. The summed E-state index contributed by atoms with van der Waals surface area (Å²) in [5, 5.41) is 14.1. The molecule has 0 aliphatic heterocycles. The van der Waals surface area contributed by atoms with Crippen LogP contribution in [0.5, 0.6) is 5.75 Å². The molecule has 0 aromatic heterocycles. The van der Waals surface area contributed by atoms with Gasteiger partial charge in [0, 0.05) is 17.3 Å². The highest BCUT2D eigenvalue weighted by Gasteiger charge is 2.29. The minimum Gasteiger partial charge on any atom is -0.497 e. The average molecular weight is 484 g/mol. The van der Waals surface area contributed by atoms with Crippen molar-refractivity contribution in [3.8, 4) is 5.75 Å². The minimum atomic E-state index is -4.32. The Labute approximate surface area is 198 Å². The third-order valence-corrected chi connectivity index (χ3v) is 7.06. The molecule has 3 aromatic rings. The molecule has 0 atom stereocenters. The molecule has 1 N–H and O–H groups in total. The van der Waals surface area contributed by atoms with Gasteiger partial charge in [0.25, 0.3) is 15.7 Å². The summed E-state index contributed by atoms with van der Waals surface area (Å²) in [4.78, 5) is 23.4. The lowest BCUT2D eigenvalue weighted by Crippen LogP contribution is -2.38. The second-order valence-electron chi connectivity index (χ2n) is 7.47. The molecule has 0 saturated heterocycles. The number of ether oxygens (including phenoxy) is 1. The van der Waals surface area contributed by atoms with Gasteiger partial charge in [-0.2, -0.15) is 0 Å². The largest absolute Gasteiger partial charge is 0.497 e. The number of benzene rings is 3. The third-order valence-electron chi connectivity index (χ3n) is 5.29. The molecule has 0 heterocycles. The molecule has 0 spiro atoms. The van der Waals surface area contributed by atoms with Crippen LogP contribution in [0.2, 0.25) is 0 Å². The number of anilines is 2. The number of carbonyl (C=O) groups excluding carboxylic acids is 1. The minimum absolute atomic E-state index is 0.211. The second-order valence-corrected chi connectivity index (χ2v) is 9.34. The Balaban J connectivity index is 2.02. The molecule has 178 valence electrons. The van der Waals surface area contributed by atoms with E-state index in [1.165, 1.54) is 38.3 Å². The number of hydrogen-bond donors (Lipinski definition) is 1. The molecule has 0 aliphatic rings. The molecule has 34 heavy (non-hydrogen) atoms. The predicted molar refractivity (Wildman–Crippen MR) is 130 cm³/mol. The molecule has 9 nitrogen and oxygen atoms in total. The van der Waals surface area contributed by atoms with Crippen molar-refractivity contribution in [2.24, 2.45) is 0 Å². The zero-order chi connectivity index (χ0) is 24.9. The van der Waals surface area contributed by atoms with Crippen LogP contribution in [0.4, 0.5) is 17.1 Å². The number of sulfonamides is 1. The van der Waals surface area contributed by atoms with E-state index in [9.17, 15) is 23.3 Å². The van der Waals surface area contributed by atoms with Gasteiger partial charge in [-0.3, -0.25) is 19.2 Å². The Morgan fingerprint density at radius 1 is 1.09 bits per heavy atom. The molecule has 0 unspecified atom stereocenters. The number of hydrogen-bond acceptors (Lipinski definition) is 6. The van der Waals surface area contributed by atoms with E-state index in [1.54, 1.807) is 24.3 Å². The SMILES string of the molecule is CCc1ccccc1NC(=O)CN(c1ccc(OC)cc1)S(=O)(=O)c1ccc(C)c([N+](=O)[O-])c1. The van der Waals surface area contributed by atoms with Gasteiger partial charge in [-0.25, -0.2) is 8.42 Å². The van der Waals surface area contributed by atoms with Gasteiger partial charge in [-0.1, -0.05) is 31.2 Å². The molecule has 0 saturated carbocycles. The summed E-state index contributed by atoms with van der Waals surface area (Å²) in [6.07, 6.45) is 0.685. The lowest BCUT2D eigenvalue weighted by molar-refractivity contribution is -0.385. The van der Waals surface area contributed by atoms with Crippen LogP contribution < -0.4 is 14.4 Å². The molecule has 0 bridgehead atoms. The van der Waals surface area contributed by atoms with E-state index in [2.05, 4.69) is 5.32 Å². The second kappa shape index (κ2) is 10.3. The fourth-order valence-electron chi connectivity index (χ4n) is 3.41. The number of para-hydroxylation sites is 1. The summed E-state index contributed by atoms with van der Waals surface area (Å²) in [5.41, 5.74) is 1.71. The zero-order valence-electron chi connectivity index (χ0n) is 19.0. The van der Waals surface area contributed by atoms with Crippen molar-refractivity contribution >= 4 is 33.0 Å². The zero-order valence-corrected chi connectivity index (χ0v) is 19.8. The number of amides is 1. The molecule has 1 amide bonds. The number of nitro groups is 1. The maximum absolute atomic E-state index is 13.6. The first-order chi connectivity index (χ1) is 16.2. The quantitative estimate of drug-likeness (QED) is 0.358. The molecule has 0 radical (unpaired) electrons. The summed E-state index contributed by atoms with van der Waals surface area (Å²) in [6, 6.07) is 17.1.